The Hall–Kier alpha value is -2.34. The number of hydrogen-bond acceptors (Lipinski definition) is 3. The topological polar surface area (TPSA) is 57.7 Å². The minimum absolute atomic E-state index is 0.0861. The molecule has 0 saturated carbocycles. The van der Waals surface area contributed by atoms with Crippen molar-refractivity contribution >= 4 is 27.3 Å². The molecule has 1 amide bonds. The molecule has 2 aromatic rings. The van der Waals surface area contributed by atoms with Crippen LogP contribution in [0, 0.1) is 13.8 Å². The Balaban J connectivity index is 1.88. The van der Waals surface area contributed by atoms with Gasteiger partial charge < -0.3 is 4.90 Å². The van der Waals surface area contributed by atoms with E-state index in [2.05, 4.69) is 0 Å². The molecule has 0 aromatic heterocycles. The Morgan fingerprint density at radius 1 is 1.12 bits per heavy atom. The number of benzene rings is 2. The maximum Gasteiger partial charge on any atom is 0.258 e. The average Bonchev–Trinajstić information content (AvgIpc) is 2.97. The smallest absolute Gasteiger partial charge is 0.258 e. The Morgan fingerprint density at radius 3 is 2.38 bits per heavy atom. The van der Waals surface area contributed by atoms with Crippen LogP contribution in [0.2, 0.25) is 0 Å². The lowest BCUT2D eigenvalue weighted by Gasteiger charge is -2.24. The van der Waals surface area contributed by atoms with Crippen LogP contribution in [0.5, 0.6) is 0 Å². The Labute approximate surface area is 155 Å². The summed E-state index contributed by atoms with van der Waals surface area (Å²) >= 11 is 0. The molecule has 0 spiro atoms. The predicted octanol–water partition coefficient (Wildman–Crippen LogP) is 3.51. The van der Waals surface area contributed by atoms with Crippen LogP contribution in [0.25, 0.3) is 0 Å². The highest BCUT2D eigenvalue weighted by atomic mass is 32.2. The van der Waals surface area contributed by atoms with Crippen molar-refractivity contribution in [2.75, 3.05) is 28.0 Å². The molecule has 1 fully saturated rings. The van der Waals surface area contributed by atoms with Gasteiger partial charge in [0, 0.05) is 24.3 Å². The van der Waals surface area contributed by atoms with Gasteiger partial charge >= 0.3 is 0 Å². The third-order valence-corrected chi connectivity index (χ3v) is 6.59. The lowest BCUT2D eigenvalue weighted by atomic mass is 10.1. The summed E-state index contributed by atoms with van der Waals surface area (Å²) in [5.74, 6) is 0.0984. The van der Waals surface area contributed by atoms with Crippen LogP contribution in [-0.4, -0.2) is 33.2 Å². The summed E-state index contributed by atoms with van der Waals surface area (Å²) in [5, 5.41) is 0. The number of anilines is 2. The number of hydrogen-bond donors (Lipinski definition) is 0. The van der Waals surface area contributed by atoms with Gasteiger partial charge in [0.15, 0.2) is 0 Å². The van der Waals surface area contributed by atoms with E-state index in [1.807, 2.05) is 39.0 Å². The highest BCUT2D eigenvalue weighted by Crippen LogP contribution is 2.26. The molecule has 0 N–H and O–H groups in total. The summed E-state index contributed by atoms with van der Waals surface area (Å²) in [4.78, 5) is 14.7. The lowest BCUT2D eigenvalue weighted by Crippen LogP contribution is -2.31. The van der Waals surface area contributed by atoms with Gasteiger partial charge in [-0.05, 0) is 68.7 Å². The van der Waals surface area contributed by atoms with E-state index in [9.17, 15) is 13.2 Å². The van der Waals surface area contributed by atoms with Crippen LogP contribution < -0.4 is 9.21 Å². The van der Waals surface area contributed by atoms with Crippen molar-refractivity contribution in [2.24, 2.45) is 0 Å². The Morgan fingerprint density at radius 2 is 1.81 bits per heavy atom. The van der Waals surface area contributed by atoms with Crippen LogP contribution in [0.1, 0.15) is 34.8 Å². The first-order valence-electron chi connectivity index (χ1n) is 8.83. The molecule has 3 rings (SSSR count). The average molecular weight is 372 g/mol. The highest BCUT2D eigenvalue weighted by molar-refractivity contribution is 7.93. The van der Waals surface area contributed by atoms with Crippen molar-refractivity contribution in [1.29, 1.82) is 0 Å². The van der Waals surface area contributed by atoms with E-state index in [1.54, 1.807) is 29.2 Å². The number of sulfonamides is 1. The van der Waals surface area contributed by atoms with Crippen LogP contribution in [0.15, 0.2) is 42.5 Å². The third kappa shape index (κ3) is 3.46. The van der Waals surface area contributed by atoms with E-state index in [-0.39, 0.29) is 11.7 Å². The van der Waals surface area contributed by atoms with Crippen LogP contribution >= 0.6 is 0 Å². The first kappa shape index (κ1) is 18.5. The zero-order valence-corrected chi connectivity index (χ0v) is 16.2. The Bertz CT molecular complexity index is 921. The molecule has 0 atom stereocenters. The summed E-state index contributed by atoms with van der Waals surface area (Å²) in [6.45, 7) is 7.01. The molecule has 1 saturated heterocycles. The number of amides is 1. The second-order valence-electron chi connectivity index (χ2n) is 6.63. The molecule has 26 heavy (non-hydrogen) atoms. The molecule has 1 aliphatic heterocycles. The Kier molecular flexibility index (Phi) is 5.05. The molecular weight excluding hydrogens is 348 g/mol. The first-order valence-corrected chi connectivity index (χ1v) is 10.4. The fourth-order valence-electron chi connectivity index (χ4n) is 3.29. The molecule has 6 heteroatoms. The van der Waals surface area contributed by atoms with E-state index in [0.29, 0.717) is 30.8 Å². The standard InChI is InChI=1S/C20H24N2O3S/c1-4-21(19-14-15(2)6-7-16(19)3)20(23)17-8-10-18(11-9-17)22-12-5-13-26(22,24)25/h6-11,14H,4-5,12-13H2,1-3H3. The molecular formula is C20H24N2O3S. The molecule has 0 unspecified atom stereocenters. The summed E-state index contributed by atoms with van der Waals surface area (Å²) in [6.07, 6.45) is 0.638. The van der Waals surface area contributed by atoms with Gasteiger partial charge in [-0.15, -0.1) is 0 Å². The number of carbonyl (C=O) groups is 1. The zero-order chi connectivity index (χ0) is 18.9. The van der Waals surface area contributed by atoms with Crippen molar-refractivity contribution in [1.82, 2.24) is 0 Å². The van der Waals surface area contributed by atoms with Crippen LogP contribution in [0.3, 0.4) is 0 Å². The number of nitrogens with zero attached hydrogens (tertiary/aromatic N) is 2. The maximum atomic E-state index is 13.0. The second kappa shape index (κ2) is 7.11. The van der Waals surface area contributed by atoms with Gasteiger partial charge in [0.2, 0.25) is 10.0 Å². The first-order chi connectivity index (χ1) is 12.3. The third-order valence-electron chi connectivity index (χ3n) is 4.72. The lowest BCUT2D eigenvalue weighted by molar-refractivity contribution is 0.0988. The van der Waals surface area contributed by atoms with E-state index in [4.69, 9.17) is 0 Å². The number of rotatable bonds is 4. The van der Waals surface area contributed by atoms with Gasteiger partial charge in [0.1, 0.15) is 0 Å². The molecule has 1 heterocycles. The second-order valence-corrected chi connectivity index (χ2v) is 8.64. The molecule has 1 aliphatic rings. The fraction of sp³-hybridized carbons (Fsp3) is 0.350. The summed E-state index contributed by atoms with van der Waals surface area (Å²) in [6, 6.07) is 12.9. The molecule has 0 radical (unpaired) electrons. The predicted molar refractivity (Wildman–Crippen MR) is 105 cm³/mol. The molecule has 2 aromatic carbocycles. The minimum atomic E-state index is -3.21. The minimum Gasteiger partial charge on any atom is -0.308 e. The molecule has 0 aliphatic carbocycles. The summed E-state index contributed by atoms with van der Waals surface area (Å²) in [5.41, 5.74) is 4.22. The van der Waals surface area contributed by atoms with Crippen molar-refractivity contribution < 1.29 is 13.2 Å². The van der Waals surface area contributed by atoms with E-state index in [0.717, 1.165) is 16.8 Å². The normalized spacial score (nSPS) is 15.9. The van der Waals surface area contributed by atoms with Crippen molar-refractivity contribution in [3.63, 3.8) is 0 Å². The molecule has 5 nitrogen and oxygen atoms in total. The monoisotopic (exact) mass is 372 g/mol. The van der Waals surface area contributed by atoms with Crippen LogP contribution in [-0.2, 0) is 10.0 Å². The number of aryl methyl sites for hydroxylation is 2. The highest BCUT2D eigenvalue weighted by Gasteiger charge is 2.28. The van der Waals surface area contributed by atoms with Crippen LogP contribution in [0.4, 0.5) is 11.4 Å². The molecule has 0 bridgehead atoms. The van der Waals surface area contributed by atoms with Gasteiger partial charge in [-0.2, -0.15) is 0 Å². The summed E-state index contributed by atoms with van der Waals surface area (Å²) < 4.78 is 25.5. The van der Waals surface area contributed by atoms with Gasteiger partial charge in [0.05, 0.1) is 11.4 Å². The van der Waals surface area contributed by atoms with Gasteiger partial charge in [0.25, 0.3) is 5.91 Å². The van der Waals surface area contributed by atoms with Crippen molar-refractivity contribution in [3.05, 3.63) is 59.2 Å². The van der Waals surface area contributed by atoms with Crippen molar-refractivity contribution in [3.8, 4) is 0 Å². The van der Waals surface area contributed by atoms with E-state index in [1.165, 1.54) is 4.31 Å². The maximum absolute atomic E-state index is 13.0. The number of carbonyl (C=O) groups excluding carboxylic acids is 1. The zero-order valence-electron chi connectivity index (χ0n) is 15.4. The SMILES string of the molecule is CCN(C(=O)c1ccc(N2CCCS2(=O)=O)cc1)c1cc(C)ccc1C. The van der Waals surface area contributed by atoms with Crippen molar-refractivity contribution in [2.45, 2.75) is 27.2 Å². The van der Waals surface area contributed by atoms with Gasteiger partial charge in [-0.25, -0.2) is 8.42 Å². The fourth-order valence-corrected chi connectivity index (χ4v) is 4.85. The largest absolute Gasteiger partial charge is 0.308 e. The van der Waals surface area contributed by atoms with E-state index < -0.39 is 10.0 Å². The van der Waals surface area contributed by atoms with Gasteiger partial charge in [-0.1, -0.05) is 12.1 Å². The molecule has 138 valence electrons. The van der Waals surface area contributed by atoms with Gasteiger partial charge in [-0.3, -0.25) is 9.10 Å². The van der Waals surface area contributed by atoms with E-state index >= 15 is 0 Å². The summed E-state index contributed by atoms with van der Waals surface area (Å²) in [7, 11) is -3.21. The quantitative estimate of drug-likeness (QED) is 0.825.